The van der Waals surface area contributed by atoms with Gasteiger partial charge in [-0.05, 0) is 24.2 Å². The zero-order chi connectivity index (χ0) is 15.9. The summed E-state index contributed by atoms with van der Waals surface area (Å²) in [5.74, 6) is 0.0568. The molecule has 0 aromatic carbocycles. The maximum Gasteiger partial charge on any atom is 0.315 e. The molecule has 0 spiro atoms. The van der Waals surface area contributed by atoms with Gasteiger partial charge in [0.25, 0.3) is 0 Å². The van der Waals surface area contributed by atoms with Crippen molar-refractivity contribution in [3.05, 3.63) is 0 Å². The molecule has 5 heteroatoms. The fourth-order valence-corrected chi connectivity index (χ4v) is 2.88. The lowest BCUT2D eigenvalue weighted by Gasteiger charge is -2.29. The molecule has 4 N–H and O–H groups in total. The Morgan fingerprint density at radius 3 is 2.10 bits per heavy atom. The summed E-state index contributed by atoms with van der Waals surface area (Å²) >= 11 is 0. The Morgan fingerprint density at radius 2 is 1.62 bits per heavy atom. The van der Waals surface area contributed by atoms with Crippen LogP contribution in [0.1, 0.15) is 65.7 Å². The Bertz CT molecular complexity index is 342. The second-order valence-corrected chi connectivity index (χ2v) is 7.27. The highest BCUT2D eigenvalue weighted by Gasteiger charge is 2.31. The van der Waals surface area contributed by atoms with Gasteiger partial charge < -0.3 is 16.4 Å². The molecular formula is C16H31N3O2. The molecule has 1 aliphatic carbocycles. The number of rotatable bonds is 4. The molecular weight excluding hydrogens is 266 g/mol. The summed E-state index contributed by atoms with van der Waals surface area (Å²) in [6.45, 7) is 6.34. The van der Waals surface area contributed by atoms with Gasteiger partial charge in [0.2, 0.25) is 5.91 Å². The van der Waals surface area contributed by atoms with E-state index < -0.39 is 11.9 Å². The van der Waals surface area contributed by atoms with E-state index in [1.54, 1.807) is 0 Å². The number of primary amides is 1. The lowest BCUT2D eigenvalue weighted by molar-refractivity contribution is -0.122. The molecule has 0 heterocycles. The fourth-order valence-electron chi connectivity index (χ4n) is 2.88. The van der Waals surface area contributed by atoms with Crippen LogP contribution < -0.4 is 16.4 Å². The topological polar surface area (TPSA) is 84.2 Å². The number of amides is 3. The number of carbonyl (C=O) groups excluding carboxylic acids is 2. The Hall–Kier alpha value is -1.26. The number of hydrogen-bond acceptors (Lipinski definition) is 2. The van der Waals surface area contributed by atoms with Crippen LogP contribution in [0.4, 0.5) is 4.79 Å². The van der Waals surface area contributed by atoms with Gasteiger partial charge in [0.1, 0.15) is 6.04 Å². The third-order valence-electron chi connectivity index (χ3n) is 4.20. The first-order chi connectivity index (χ1) is 9.80. The normalized spacial score (nSPS) is 19.2. The number of hydrogen-bond donors (Lipinski definition) is 3. The van der Waals surface area contributed by atoms with Crippen molar-refractivity contribution in [1.82, 2.24) is 10.6 Å². The molecule has 3 amide bonds. The van der Waals surface area contributed by atoms with Crippen LogP contribution in [-0.2, 0) is 4.79 Å². The molecule has 0 aromatic rings. The minimum absolute atomic E-state index is 0.296. The predicted octanol–water partition coefficient (Wildman–Crippen LogP) is 2.55. The largest absolute Gasteiger partial charge is 0.368 e. The molecule has 0 saturated heterocycles. The predicted molar refractivity (Wildman–Crippen MR) is 84.8 cm³/mol. The molecule has 1 saturated carbocycles. The summed E-state index contributed by atoms with van der Waals surface area (Å²) < 4.78 is 0. The zero-order valence-corrected chi connectivity index (χ0v) is 13.7. The van der Waals surface area contributed by atoms with E-state index in [9.17, 15) is 9.59 Å². The van der Waals surface area contributed by atoms with E-state index in [0.717, 1.165) is 0 Å². The number of nitrogens with one attached hydrogen (secondary N) is 2. The van der Waals surface area contributed by atoms with Gasteiger partial charge in [0.15, 0.2) is 0 Å². The van der Waals surface area contributed by atoms with Crippen LogP contribution in [0.2, 0.25) is 0 Å². The summed E-state index contributed by atoms with van der Waals surface area (Å²) in [6.07, 6.45) is 8.80. The highest BCUT2D eigenvalue weighted by molar-refractivity contribution is 5.86. The van der Waals surface area contributed by atoms with Crippen LogP contribution >= 0.6 is 0 Å². The monoisotopic (exact) mass is 297 g/mol. The van der Waals surface area contributed by atoms with Gasteiger partial charge in [-0.1, -0.05) is 52.9 Å². The minimum atomic E-state index is -0.658. The Balaban J connectivity index is 2.39. The average Bonchev–Trinajstić information content (AvgIpc) is 2.32. The fraction of sp³-hybridized carbons (Fsp3) is 0.875. The maximum atomic E-state index is 12.0. The maximum absolute atomic E-state index is 12.0. The van der Waals surface area contributed by atoms with Gasteiger partial charge in [-0.2, -0.15) is 0 Å². The van der Waals surface area contributed by atoms with E-state index in [4.69, 9.17) is 5.73 Å². The lowest BCUT2D eigenvalue weighted by Crippen LogP contribution is -2.55. The summed E-state index contributed by atoms with van der Waals surface area (Å²) in [4.78, 5) is 23.4. The molecule has 1 rings (SSSR count). The first-order valence-corrected chi connectivity index (χ1v) is 8.14. The molecule has 1 atom stereocenters. The molecule has 1 fully saturated rings. The lowest BCUT2D eigenvalue weighted by atomic mass is 9.86. The van der Waals surface area contributed by atoms with Crippen LogP contribution in [0.3, 0.4) is 0 Å². The second-order valence-electron chi connectivity index (χ2n) is 7.27. The Kier molecular flexibility index (Phi) is 6.99. The van der Waals surface area contributed by atoms with E-state index in [0.29, 0.717) is 12.5 Å². The van der Waals surface area contributed by atoms with Crippen LogP contribution in [0.25, 0.3) is 0 Å². The zero-order valence-electron chi connectivity index (χ0n) is 13.7. The van der Waals surface area contributed by atoms with Gasteiger partial charge in [-0.3, -0.25) is 4.79 Å². The van der Waals surface area contributed by atoms with Crippen molar-refractivity contribution >= 4 is 11.9 Å². The summed E-state index contributed by atoms with van der Waals surface area (Å²) in [5.41, 5.74) is 4.98. The van der Waals surface area contributed by atoms with E-state index >= 15 is 0 Å². The van der Waals surface area contributed by atoms with Gasteiger partial charge >= 0.3 is 6.03 Å². The summed E-state index contributed by atoms with van der Waals surface area (Å²) in [7, 11) is 0. The Morgan fingerprint density at radius 1 is 1.10 bits per heavy atom. The molecule has 5 nitrogen and oxygen atoms in total. The molecule has 0 aliphatic heterocycles. The van der Waals surface area contributed by atoms with Gasteiger partial charge in [-0.25, -0.2) is 4.79 Å². The molecule has 0 unspecified atom stereocenters. The van der Waals surface area contributed by atoms with Crippen molar-refractivity contribution in [3.63, 3.8) is 0 Å². The molecule has 0 radical (unpaired) electrons. The molecule has 21 heavy (non-hydrogen) atoms. The summed E-state index contributed by atoms with van der Waals surface area (Å²) in [5, 5.41) is 5.60. The van der Waals surface area contributed by atoms with E-state index in [-0.39, 0.29) is 11.4 Å². The van der Waals surface area contributed by atoms with Crippen LogP contribution in [-0.4, -0.2) is 24.5 Å². The van der Waals surface area contributed by atoms with Crippen LogP contribution in [0.15, 0.2) is 0 Å². The third kappa shape index (κ3) is 6.82. The second kappa shape index (κ2) is 8.25. The molecule has 1 aliphatic rings. The van der Waals surface area contributed by atoms with E-state index in [1.165, 1.54) is 44.9 Å². The van der Waals surface area contributed by atoms with Crippen molar-refractivity contribution < 1.29 is 9.59 Å². The van der Waals surface area contributed by atoms with Crippen molar-refractivity contribution in [3.8, 4) is 0 Å². The van der Waals surface area contributed by atoms with Crippen molar-refractivity contribution in [2.75, 3.05) is 6.54 Å². The van der Waals surface area contributed by atoms with Gasteiger partial charge in [0, 0.05) is 6.54 Å². The van der Waals surface area contributed by atoms with E-state index in [1.807, 2.05) is 20.8 Å². The highest BCUT2D eigenvalue weighted by atomic mass is 16.2. The SMILES string of the molecule is CC(C)(C)[C@H](NC(=O)NCC1CCCCCCC1)C(N)=O. The first-order valence-electron chi connectivity index (χ1n) is 8.14. The number of urea groups is 1. The summed E-state index contributed by atoms with van der Waals surface area (Å²) in [6, 6.07) is -0.953. The standard InChI is InChI=1S/C16H31N3O2/c1-16(2,3)13(14(17)20)19-15(21)18-11-12-9-7-5-4-6-8-10-12/h12-13H,4-11H2,1-3H3,(H2,17,20)(H2,18,19,21)/t13-/m1/s1. The minimum Gasteiger partial charge on any atom is -0.368 e. The number of nitrogens with two attached hydrogens (primary N) is 1. The van der Waals surface area contributed by atoms with Crippen LogP contribution in [0, 0.1) is 11.3 Å². The first kappa shape index (κ1) is 17.8. The van der Waals surface area contributed by atoms with Crippen molar-refractivity contribution in [1.29, 1.82) is 0 Å². The average molecular weight is 297 g/mol. The van der Waals surface area contributed by atoms with Gasteiger partial charge in [-0.15, -0.1) is 0 Å². The highest BCUT2D eigenvalue weighted by Crippen LogP contribution is 2.22. The van der Waals surface area contributed by atoms with Crippen molar-refractivity contribution in [2.24, 2.45) is 17.1 Å². The smallest absolute Gasteiger partial charge is 0.315 e. The Labute approximate surface area is 128 Å². The molecule has 0 aromatic heterocycles. The van der Waals surface area contributed by atoms with Gasteiger partial charge in [0.05, 0.1) is 0 Å². The van der Waals surface area contributed by atoms with Crippen molar-refractivity contribution in [2.45, 2.75) is 71.8 Å². The third-order valence-corrected chi connectivity index (χ3v) is 4.20. The number of carbonyl (C=O) groups is 2. The van der Waals surface area contributed by atoms with E-state index in [2.05, 4.69) is 10.6 Å². The molecule has 0 bridgehead atoms. The quantitative estimate of drug-likeness (QED) is 0.745. The molecule has 122 valence electrons. The van der Waals surface area contributed by atoms with Crippen LogP contribution in [0.5, 0.6) is 0 Å².